The van der Waals surface area contributed by atoms with E-state index in [0.29, 0.717) is 16.9 Å². The number of rotatable bonds is 10. The molecule has 2 rings (SSSR count). The van der Waals surface area contributed by atoms with Gasteiger partial charge in [-0.25, -0.2) is 0 Å². The Bertz CT molecular complexity index is 979. The molecule has 1 aliphatic rings. The van der Waals surface area contributed by atoms with Crippen LogP contribution in [0.3, 0.4) is 0 Å². The Morgan fingerprint density at radius 3 is 2.31 bits per heavy atom. The number of anilines is 1. The van der Waals surface area contributed by atoms with Gasteiger partial charge in [-0.15, -0.1) is 0 Å². The lowest BCUT2D eigenvalue weighted by atomic mass is 9.94. The Kier molecular flexibility index (Phi) is 8.97. The molecule has 0 aromatic heterocycles. The third kappa shape index (κ3) is 5.74. The molecule has 0 aliphatic carbocycles. The lowest BCUT2D eigenvalue weighted by Crippen LogP contribution is -2.25. The van der Waals surface area contributed by atoms with E-state index in [4.69, 9.17) is 9.47 Å². The maximum atomic E-state index is 9.73. The summed E-state index contributed by atoms with van der Waals surface area (Å²) in [6, 6.07) is 10.6. The molecule has 0 N–H and O–H groups in total. The molecule has 1 heterocycles. The number of ether oxygens (including phenoxy) is 2. The summed E-state index contributed by atoms with van der Waals surface area (Å²) >= 11 is 0. The molecule has 0 saturated heterocycles. The summed E-state index contributed by atoms with van der Waals surface area (Å²) in [6.45, 7) is 12.0. The lowest BCUT2D eigenvalue weighted by molar-refractivity contribution is 0.0949. The molecule has 1 aromatic rings. The Labute approximate surface area is 193 Å². The molecule has 1 aliphatic heterocycles. The van der Waals surface area contributed by atoms with Crippen LogP contribution < -0.4 is 9.64 Å². The first-order chi connectivity index (χ1) is 15.3. The summed E-state index contributed by atoms with van der Waals surface area (Å²) in [7, 11) is 1.68. The van der Waals surface area contributed by atoms with Crippen molar-refractivity contribution in [1.82, 2.24) is 0 Å². The van der Waals surface area contributed by atoms with Crippen molar-refractivity contribution < 1.29 is 9.47 Å². The SMILES string of the molecule is CCCCN(CCCC)c1ccc(/C=C/C2=C(C#N)C(=C(/C)C#N)/OC2(C)C)c(OC)c1. The molecule has 0 fully saturated rings. The number of nitrogens with zero attached hydrogens (tertiary/aromatic N) is 3. The van der Waals surface area contributed by atoms with E-state index in [1.807, 2.05) is 26.0 Å². The topological polar surface area (TPSA) is 69.3 Å². The molecule has 0 spiro atoms. The van der Waals surface area contributed by atoms with Crippen molar-refractivity contribution in [2.24, 2.45) is 0 Å². The highest BCUT2D eigenvalue weighted by atomic mass is 16.5. The van der Waals surface area contributed by atoms with Crippen LogP contribution in [0.25, 0.3) is 6.08 Å². The first-order valence-corrected chi connectivity index (χ1v) is 11.4. The molecule has 1 aromatic carbocycles. The van der Waals surface area contributed by atoms with Crippen LogP contribution in [-0.4, -0.2) is 25.8 Å². The Morgan fingerprint density at radius 1 is 1.12 bits per heavy atom. The van der Waals surface area contributed by atoms with Gasteiger partial charge >= 0.3 is 0 Å². The molecule has 5 nitrogen and oxygen atoms in total. The standard InChI is InChI=1S/C27H35N3O2/c1-7-9-15-30(16-10-8-2)22-13-11-21(25(17-22)31-6)12-14-24-23(19-29)26(20(3)18-28)32-27(24,4)5/h11-14,17H,7-10,15-16H2,1-6H3/b14-12+,26-20+. The second kappa shape index (κ2) is 11.4. The van der Waals surface area contributed by atoms with Crippen molar-refractivity contribution in [2.45, 2.75) is 65.9 Å². The maximum Gasteiger partial charge on any atom is 0.152 e. The fourth-order valence-corrected chi connectivity index (χ4v) is 3.77. The highest BCUT2D eigenvalue weighted by Crippen LogP contribution is 2.40. The molecule has 5 heteroatoms. The Hall–Kier alpha value is -3.18. The molecular weight excluding hydrogens is 398 g/mol. The summed E-state index contributed by atoms with van der Waals surface area (Å²) < 4.78 is 11.7. The van der Waals surface area contributed by atoms with Crippen molar-refractivity contribution in [3.8, 4) is 17.9 Å². The van der Waals surface area contributed by atoms with Gasteiger partial charge in [0.1, 0.15) is 23.0 Å². The van der Waals surface area contributed by atoms with Crippen molar-refractivity contribution in [1.29, 1.82) is 10.5 Å². The molecule has 0 radical (unpaired) electrons. The van der Waals surface area contributed by atoms with Crippen molar-refractivity contribution in [3.05, 3.63) is 52.3 Å². The minimum absolute atomic E-state index is 0.365. The number of allylic oxidation sites excluding steroid dienone is 2. The van der Waals surface area contributed by atoms with E-state index in [1.54, 1.807) is 14.0 Å². The van der Waals surface area contributed by atoms with Gasteiger partial charge in [0.2, 0.25) is 0 Å². The predicted molar refractivity (Wildman–Crippen MR) is 130 cm³/mol. The van der Waals surface area contributed by atoms with Gasteiger partial charge < -0.3 is 14.4 Å². The third-order valence-electron chi connectivity index (χ3n) is 5.70. The summed E-state index contributed by atoms with van der Waals surface area (Å²) in [6.07, 6.45) is 8.50. The second-order valence-electron chi connectivity index (χ2n) is 8.53. The summed E-state index contributed by atoms with van der Waals surface area (Å²) in [5.74, 6) is 1.15. The van der Waals surface area contributed by atoms with E-state index in [1.165, 1.54) is 0 Å². The van der Waals surface area contributed by atoms with Gasteiger partial charge in [-0.1, -0.05) is 38.8 Å². The third-order valence-corrected chi connectivity index (χ3v) is 5.70. The maximum absolute atomic E-state index is 9.73. The predicted octanol–water partition coefficient (Wildman–Crippen LogP) is 6.54. The number of nitriles is 2. The smallest absolute Gasteiger partial charge is 0.152 e. The zero-order valence-corrected chi connectivity index (χ0v) is 20.3. The zero-order valence-electron chi connectivity index (χ0n) is 20.3. The molecule has 0 bridgehead atoms. The van der Waals surface area contributed by atoms with Gasteiger partial charge in [0.25, 0.3) is 0 Å². The van der Waals surface area contributed by atoms with Crippen LogP contribution in [0.15, 0.2) is 46.8 Å². The van der Waals surface area contributed by atoms with Gasteiger partial charge in [0.05, 0.1) is 18.8 Å². The second-order valence-corrected chi connectivity index (χ2v) is 8.53. The number of hydrogen-bond donors (Lipinski definition) is 0. The number of benzene rings is 1. The number of unbranched alkanes of at least 4 members (excludes halogenated alkanes) is 2. The van der Waals surface area contributed by atoms with Crippen LogP contribution in [0.5, 0.6) is 5.75 Å². The quantitative estimate of drug-likeness (QED) is 0.392. The van der Waals surface area contributed by atoms with E-state index in [-0.39, 0.29) is 0 Å². The fraction of sp³-hybridized carbons (Fsp3) is 0.481. The summed E-state index contributed by atoms with van der Waals surface area (Å²) in [4.78, 5) is 2.43. The van der Waals surface area contributed by atoms with Crippen molar-refractivity contribution >= 4 is 11.8 Å². The first-order valence-electron chi connectivity index (χ1n) is 11.4. The molecule has 0 unspecified atom stereocenters. The normalized spacial score (nSPS) is 16.5. The first kappa shape index (κ1) is 25.1. The zero-order chi connectivity index (χ0) is 23.7. The number of hydrogen-bond acceptors (Lipinski definition) is 5. The van der Waals surface area contributed by atoms with Crippen LogP contribution in [-0.2, 0) is 4.74 Å². The van der Waals surface area contributed by atoms with E-state index in [0.717, 1.165) is 61.3 Å². The van der Waals surface area contributed by atoms with E-state index < -0.39 is 5.60 Å². The Morgan fingerprint density at radius 2 is 1.78 bits per heavy atom. The van der Waals surface area contributed by atoms with E-state index in [2.05, 4.69) is 49.1 Å². The van der Waals surface area contributed by atoms with Gasteiger partial charge in [-0.05, 0) is 45.7 Å². The van der Waals surface area contributed by atoms with Crippen molar-refractivity contribution in [2.75, 3.05) is 25.1 Å². The molecule has 0 saturated carbocycles. The monoisotopic (exact) mass is 433 g/mol. The van der Waals surface area contributed by atoms with Gasteiger partial charge in [-0.2, -0.15) is 10.5 Å². The summed E-state index contributed by atoms with van der Waals surface area (Å²) in [5.41, 5.74) is 2.96. The molecule has 170 valence electrons. The van der Waals surface area contributed by atoms with E-state index >= 15 is 0 Å². The minimum atomic E-state index is -0.695. The van der Waals surface area contributed by atoms with Crippen molar-refractivity contribution in [3.63, 3.8) is 0 Å². The van der Waals surface area contributed by atoms with Gasteiger partial charge in [0.15, 0.2) is 5.76 Å². The highest BCUT2D eigenvalue weighted by molar-refractivity contribution is 5.68. The summed E-state index contributed by atoms with van der Waals surface area (Å²) in [5, 5.41) is 19.0. The average molecular weight is 434 g/mol. The minimum Gasteiger partial charge on any atom is -0.496 e. The van der Waals surface area contributed by atoms with Crippen LogP contribution in [0.1, 0.15) is 65.9 Å². The van der Waals surface area contributed by atoms with Crippen LogP contribution in [0.2, 0.25) is 0 Å². The van der Waals surface area contributed by atoms with Gasteiger partial charge in [-0.3, -0.25) is 0 Å². The largest absolute Gasteiger partial charge is 0.496 e. The number of methoxy groups -OCH3 is 1. The molecule has 0 amide bonds. The fourth-order valence-electron chi connectivity index (χ4n) is 3.77. The van der Waals surface area contributed by atoms with Gasteiger partial charge in [0, 0.05) is 36.0 Å². The average Bonchev–Trinajstić information content (AvgIpc) is 3.06. The molecule has 32 heavy (non-hydrogen) atoms. The Balaban J connectivity index is 2.42. The highest BCUT2D eigenvalue weighted by Gasteiger charge is 2.37. The van der Waals surface area contributed by atoms with Crippen LogP contribution in [0.4, 0.5) is 5.69 Å². The van der Waals surface area contributed by atoms with Crippen LogP contribution in [0, 0.1) is 22.7 Å². The lowest BCUT2D eigenvalue weighted by Gasteiger charge is -2.25. The molecule has 0 atom stereocenters. The molecular formula is C27H35N3O2. The van der Waals surface area contributed by atoms with Crippen LogP contribution >= 0.6 is 0 Å². The van der Waals surface area contributed by atoms with E-state index in [9.17, 15) is 10.5 Å².